The van der Waals surface area contributed by atoms with E-state index in [0.29, 0.717) is 30.0 Å². The molecule has 0 atom stereocenters. The third-order valence-electron chi connectivity index (χ3n) is 4.63. The van der Waals surface area contributed by atoms with Crippen molar-refractivity contribution in [2.75, 3.05) is 11.9 Å². The third-order valence-corrected chi connectivity index (χ3v) is 4.63. The van der Waals surface area contributed by atoms with Crippen LogP contribution >= 0.6 is 0 Å². The number of nitrogens with zero attached hydrogens (tertiary/aromatic N) is 4. The van der Waals surface area contributed by atoms with Crippen molar-refractivity contribution in [3.8, 4) is 0 Å². The molecule has 0 saturated carbocycles. The lowest BCUT2D eigenvalue weighted by Crippen LogP contribution is -2.28. The lowest BCUT2D eigenvalue weighted by Gasteiger charge is -2.09. The van der Waals surface area contributed by atoms with Crippen LogP contribution in [0.25, 0.3) is 16.9 Å². The van der Waals surface area contributed by atoms with E-state index in [-0.39, 0.29) is 0 Å². The van der Waals surface area contributed by atoms with Gasteiger partial charge in [0.25, 0.3) is 5.56 Å². The largest absolute Gasteiger partial charge is 0.383 e. The van der Waals surface area contributed by atoms with Gasteiger partial charge in [-0.1, -0.05) is 17.7 Å². The average molecular weight is 352 g/mol. The maximum atomic E-state index is 12.2. The highest BCUT2D eigenvalue weighted by molar-refractivity contribution is 5.75. The van der Waals surface area contributed by atoms with Crippen LogP contribution in [0.15, 0.2) is 40.1 Å². The van der Waals surface area contributed by atoms with Crippen molar-refractivity contribution >= 4 is 22.6 Å². The number of aromatic nitrogens is 5. The highest BCUT2D eigenvalue weighted by Gasteiger charge is 2.17. The monoisotopic (exact) mass is 352 g/mol. The molecule has 8 heteroatoms. The minimum Gasteiger partial charge on any atom is -0.383 e. The van der Waals surface area contributed by atoms with Crippen molar-refractivity contribution in [3.05, 3.63) is 62.6 Å². The van der Waals surface area contributed by atoms with Crippen LogP contribution in [0.3, 0.4) is 0 Å². The van der Waals surface area contributed by atoms with Gasteiger partial charge in [-0.25, -0.2) is 4.79 Å². The van der Waals surface area contributed by atoms with Crippen LogP contribution in [0, 0.1) is 13.8 Å². The zero-order valence-corrected chi connectivity index (χ0v) is 14.9. The van der Waals surface area contributed by atoms with Crippen LogP contribution in [0.2, 0.25) is 0 Å². The molecule has 1 aromatic carbocycles. The predicted molar refractivity (Wildman–Crippen MR) is 101 cm³/mol. The first-order valence-corrected chi connectivity index (χ1v) is 8.43. The first-order valence-electron chi connectivity index (χ1n) is 8.43. The van der Waals surface area contributed by atoms with E-state index in [9.17, 15) is 9.59 Å². The van der Waals surface area contributed by atoms with E-state index in [1.807, 2.05) is 29.8 Å². The molecule has 0 amide bonds. The Bertz CT molecular complexity index is 1220. The number of imidazole rings is 2. The number of fused-ring (bicyclic) bond motifs is 3. The number of hydrogen-bond acceptors (Lipinski definition) is 4. The Balaban J connectivity index is 1.70. The lowest BCUT2D eigenvalue weighted by molar-refractivity contribution is 0.724. The SMILES string of the molecule is Cc1ccc(NCCn2c(C)cn3c4c(=O)[nH]c(=O)n(C)c4nc23)cc1. The minimum atomic E-state index is -0.465. The molecule has 4 rings (SSSR count). The zero-order valence-electron chi connectivity index (χ0n) is 14.9. The summed E-state index contributed by atoms with van der Waals surface area (Å²) in [6, 6.07) is 8.23. The van der Waals surface area contributed by atoms with E-state index >= 15 is 0 Å². The highest BCUT2D eigenvalue weighted by Crippen LogP contribution is 2.16. The van der Waals surface area contributed by atoms with Crippen LogP contribution < -0.4 is 16.6 Å². The second kappa shape index (κ2) is 5.91. The van der Waals surface area contributed by atoms with Gasteiger partial charge in [-0.3, -0.25) is 18.7 Å². The fraction of sp³-hybridized carbons (Fsp3) is 0.278. The molecule has 0 saturated heterocycles. The molecule has 134 valence electrons. The van der Waals surface area contributed by atoms with Crippen LogP contribution in [-0.4, -0.2) is 30.0 Å². The quantitative estimate of drug-likeness (QED) is 0.581. The first kappa shape index (κ1) is 16.2. The van der Waals surface area contributed by atoms with Crippen LogP contribution in [0.4, 0.5) is 5.69 Å². The average Bonchev–Trinajstić information content (AvgIpc) is 3.11. The van der Waals surface area contributed by atoms with Crippen molar-refractivity contribution in [1.29, 1.82) is 0 Å². The maximum Gasteiger partial charge on any atom is 0.329 e. The maximum absolute atomic E-state index is 12.2. The third kappa shape index (κ3) is 2.50. The Kier molecular flexibility index (Phi) is 3.68. The minimum absolute atomic E-state index is 0.383. The van der Waals surface area contributed by atoms with Crippen molar-refractivity contribution < 1.29 is 0 Å². The smallest absolute Gasteiger partial charge is 0.329 e. The molecule has 0 bridgehead atoms. The number of anilines is 1. The number of benzene rings is 1. The number of aryl methyl sites for hydroxylation is 3. The molecule has 0 aliphatic heterocycles. The number of hydrogen-bond donors (Lipinski definition) is 2. The Labute approximate surface area is 148 Å². The summed E-state index contributed by atoms with van der Waals surface area (Å²) < 4.78 is 5.13. The number of aromatic amines is 1. The highest BCUT2D eigenvalue weighted by atomic mass is 16.2. The zero-order chi connectivity index (χ0) is 18.4. The summed E-state index contributed by atoms with van der Waals surface area (Å²) in [5.74, 6) is 0.648. The van der Waals surface area contributed by atoms with Crippen LogP contribution in [0.1, 0.15) is 11.3 Å². The van der Waals surface area contributed by atoms with Gasteiger partial charge in [0.1, 0.15) is 0 Å². The van der Waals surface area contributed by atoms with E-state index in [2.05, 4.69) is 34.3 Å². The van der Waals surface area contributed by atoms with Crippen molar-refractivity contribution in [2.24, 2.45) is 7.05 Å². The molecule has 3 aromatic heterocycles. The van der Waals surface area contributed by atoms with E-state index in [4.69, 9.17) is 0 Å². The summed E-state index contributed by atoms with van der Waals surface area (Å²) >= 11 is 0. The van der Waals surface area contributed by atoms with Gasteiger partial charge >= 0.3 is 5.69 Å². The summed E-state index contributed by atoms with van der Waals surface area (Å²) in [5, 5.41) is 3.39. The fourth-order valence-corrected chi connectivity index (χ4v) is 3.18. The van der Waals surface area contributed by atoms with E-state index < -0.39 is 11.2 Å². The Morgan fingerprint density at radius 3 is 2.62 bits per heavy atom. The van der Waals surface area contributed by atoms with Gasteiger partial charge in [-0.15, -0.1) is 0 Å². The fourth-order valence-electron chi connectivity index (χ4n) is 3.18. The molecular weight excluding hydrogens is 332 g/mol. The standard InChI is InChI=1S/C18H20N6O2/c1-11-4-6-13(7-5-11)19-8-9-23-12(2)10-24-14-15(20-17(23)24)22(3)18(26)21-16(14)25/h4-7,10,19H,8-9H2,1-3H3,(H,21,25,26). The second-order valence-corrected chi connectivity index (χ2v) is 6.49. The summed E-state index contributed by atoms with van der Waals surface area (Å²) in [5.41, 5.74) is 3.15. The molecule has 2 N–H and O–H groups in total. The van der Waals surface area contributed by atoms with E-state index in [0.717, 1.165) is 11.4 Å². The van der Waals surface area contributed by atoms with Crippen molar-refractivity contribution in [2.45, 2.75) is 20.4 Å². The molecule has 26 heavy (non-hydrogen) atoms. The molecule has 4 aromatic rings. The Morgan fingerprint density at radius 1 is 1.15 bits per heavy atom. The van der Waals surface area contributed by atoms with Crippen LogP contribution in [-0.2, 0) is 13.6 Å². The van der Waals surface area contributed by atoms with E-state index in [1.54, 1.807) is 11.4 Å². The first-order chi connectivity index (χ1) is 12.5. The molecule has 0 fully saturated rings. The molecule has 0 aliphatic rings. The Hall–Kier alpha value is -3.29. The number of H-pyrrole nitrogens is 1. The van der Waals surface area contributed by atoms with Gasteiger partial charge in [0.05, 0.1) is 0 Å². The van der Waals surface area contributed by atoms with Crippen molar-refractivity contribution in [1.82, 2.24) is 23.5 Å². The lowest BCUT2D eigenvalue weighted by atomic mass is 10.2. The second-order valence-electron chi connectivity index (χ2n) is 6.49. The molecule has 0 aliphatic carbocycles. The molecule has 3 heterocycles. The number of nitrogens with one attached hydrogen (secondary N) is 2. The van der Waals surface area contributed by atoms with Gasteiger partial charge in [0.2, 0.25) is 5.78 Å². The number of rotatable bonds is 4. The van der Waals surface area contributed by atoms with Gasteiger partial charge in [-0.2, -0.15) is 4.98 Å². The normalized spacial score (nSPS) is 11.5. The molecule has 0 radical (unpaired) electrons. The van der Waals surface area contributed by atoms with Crippen LogP contribution in [0.5, 0.6) is 0 Å². The summed E-state index contributed by atoms with van der Waals surface area (Å²) in [7, 11) is 1.60. The van der Waals surface area contributed by atoms with Gasteiger partial charge in [-0.05, 0) is 26.0 Å². The molecule has 8 nitrogen and oxygen atoms in total. The topological polar surface area (TPSA) is 89.1 Å². The molecular formula is C18H20N6O2. The summed E-state index contributed by atoms with van der Waals surface area (Å²) in [6.45, 7) is 5.43. The van der Waals surface area contributed by atoms with Gasteiger partial charge in [0.15, 0.2) is 11.2 Å². The Morgan fingerprint density at radius 2 is 1.88 bits per heavy atom. The predicted octanol–water partition coefficient (Wildman–Crippen LogP) is 1.40. The summed E-state index contributed by atoms with van der Waals surface area (Å²) in [4.78, 5) is 30.9. The van der Waals surface area contributed by atoms with Gasteiger partial charge in [0, 0.05) is 37.7 Å². The van der Waals surface area contributed by atoms with Gasteiger partial charge < -0.3 is 9.88 Å². The summed E-state index contributed by atoms with van der Waals surface area (Å²) in [6.07, 6.45) is 1.87. The molecule has 0 unspecified atom stereocenters. The van der Waals surface area contributed by atoms with E-state index in [1.165, 1.54) is 10.1 Å². The van der Waals surface area contributed by atoms with Crippen molar-refractivity contribution in [3.63, 3.8) is 0 Å². The molecule has 0 spiro atoms.